The van der Waals surface area contributed by atoms with E-state index in [1.807, 2.05) is 0 Å². The van der Waals surface area contributed by atoms with Crippen molar-refractivity contribution < 1.29 is 14.3 Å². The average molecular weight is 525 g/mol. The highest BCUT2D eigenvalue weighted by molar-refractivity contribution is 6.53. The highest BCUT2D eigenvalue weighted by atomic mass is 35.5. The minimum atomic E-state index is -1.30. The zero-order valence-electron chi connectivity index (χ0n) is 16.6. The second-order valence-corrected chi connectivity index (χ2v) is 9.96. The van der Waals surface area contributed by atoms with Gasteiger partial charge in [-0.05, 0) is 42.0 Å². The molecule has 3 rings (SSSR count). The van der Waals surface area contributed by atoms with Gasteiger partial charge in [-0.15, -0.1) is 23.2 Å². The Kier molecular flexibility index (Phi) is 7.67. The maximum absolute atomic E-state index is 12.9. The first kappa shape index (κ1) is 24.4. The predicted octanol–water partition coefficient (Wildman–Crippen LogP) is 5.89. The molecule has 0 unspecified atom stereocenters. The van der Waals surface area contributed by atoms with E-state index in [1.54, 1.807) is 44.5 Å². The van der Waals surface area contributed by atoms with Gasteiger partial charge in [-0.3, -0.25) is 9.59 Å². The van der Waals surface area contributed by atoms with Gasteiger partial charge in [0.1, 0.15) is 4.33 Å². The normalized spacial score (nSPS) is 19.1. The van der Waals surface area contributed by atoms with E-state index >= 15 is 0 Å². The number of benzene rings is 2. The van der Waals surface area contributed by atoms with E-state index in [0.717, 1.165) is 0 Å². The predicted molar refractivity (Wildman–Crippen MR) is 126 cm³/mol. The van der Waals surface area contributed by atoms with Gasteiger partial charge in [0.15, 0.2) is 0 Å². The van der Waals surface area contributed by atoms with E-state index in [-0.39, 0.29) is 22.4 Å². The summed E-state index contributed by atoms with van der Waals surface area (Å²) in [4.78, 5) is 27.0. The largest absolute Gasteiger partial charge is 0.383 e. The number of halogens is 5. The molecule has 5 nitrogen and oxygen atoms in total. The van der Waals surface area contributed by atoms with Crippen LogP contribution in [0.5, 0.6) is 0 Å². The van der Waals surface area contributed by atoms with E-state index in [0.29, 0.717) is 34.4 Å². The quantitative estimate of drug-likeness (QED) is 0.460. The van der Waals surface area contributed by atoms with Gasteiger partial charge >= 0.3 is 0 Å². The van der Waals surface area contributed by atoms with Crippen LogP contribution >= 0.6 is 58.0 Å². The minimum absolute atomic E-state index is 0.259. The first-order valence-electron chi connectivity index (χ1n) is 9.25. The van der Waals surface area contributed by atoms with Crippen LogP contribution in [0.4, 0.5) is 5.69 Å². The molecule has 0 saturated heterocycles. The maximum Gasteiger partial charge on any atom is 0.255 e. The summed E-state index contributed by atoms with van der Waals surface area (Å²) in [5.41, 5.74) is 1.33. The van der Waals surface area contributed by atoms with Crippen LogP contribution in [0.2, 0.25) is 15.1 Å². The van der Waals surface area contributed by atoms with Gasteiger partial charge in [-0.25, -0.2) is 0 Å². The van der Waals surface area contributed by atoms with E-state index in [1.165, 1.54) is 11.0 Å². The first-order chi connectivity index (χ1) is 14.6. The van der Waals surface area contributed by atoms with Crippen LogP contribution in [0, 0.1) is 5.92 Å². The van der Waals surface area contributed by atoms with Crippen LogP contribution in [0.1, 0.15) is 21.8 Å². The lowest BCUT2D eigenvalue weighted by molar-refractivity contribution is -0.117. The average Bonchev–Trinajstić information content (AvgIpc) is 3.28. The number of carbonyl (C=O) groups excluding carboxylic acids is 2. The maximum atomic E-state index is 12.9. The number of ether oxygens (including phenoxy) is 1. The minimum Gasteiger partial charge on any atom is -0.383 e. The molecule has 0 aliphatic heterocycles. The van der Waals surface area contributed by atoms with Gasteiger partial charge in [-0.1, -0.05) is 34.8 Å². The number of methoxy groups -OCH3 is 1. The summed E-state index contributed by atoms with van der Waals surface area (Å²) in [6.07, 6.45) is 0. The molecule has 2 aromatic rings. The molecule has 166 valence electrons. The van der Waals surface area contributed by atoms with Crippen LogP contribution < -0.4 is 5.32 Å². The standard InChI is InChI=1S/C21H19Cl5N2O3/c1-28(5-6-31-2)20(30)15-10-14(3-4-16(15)24)27-19(29)18-17(21(18,25)26)11-7-12(22)9-13(23)8-11/h3-4,7-10,17-18H,5-6H2,1-2H3,(H,27,29)/t17-,18+/m1/s1. The Hall–Kier alpha value is -1.21. The fourth-order valence-electron chi connectivity index (χ4n) is 3.34. The van der Waals surface area contributed by atoms with Gasteiger partial charge in [-0.2, -0.15) is 0 Å². The summed E-state index contributed by atoms with van der Waals surface area (Å²) in [7, 11) is 3.20. The molecule has 0 bridgehead atoms. The zero-order valence-corrected chi connectivity index (χ0v) is 20.4. The van der Waals surface area contributed by atoms with E-state index in [4.69, 9.17) is 62.7 Å². The molecule has 2 atom stereocenters. The lowest BCUT2D eigenvalue weighted by Gasteiger charge is -2.18. The van der Waals surface area contributed by atoms with Crippen molar-refractivity contribution >= 4 is 75.5 Å². The highest BCUT2D eigenvalue weighted by Crippen LogP contribution is 2.65. The second-order valence-electron chi connectivity index (χ2n) is 7.24. The number of amides is 2. The highest BCUT2D eigenvalue weighted by Gasteiger charge is 2.67. The number of nitrogens with zero attached hydrogens (tertiary/aromatic N) is 1. The Morgan fingerprint density at radius 2 is 1.74 bits per heavy atom. The zero-order chi connectivity index (χ0) is 22.9. The molecule has 2 amide bonds. The molecule has 0 spiro atoms. The van der Waals surface area contributed by atoms with Crippen molar-refractivity contribution in [3.8, 4) is 0 Å². The fraction of sp³-hybridized carbons (Fsp3) is 0.333. The monoisotopic (exact) mass is 522 g/mol. The molecule has 2 aromatic carbocycles. The summed E-state index contributed by atoms with van der Waals surface area (Å²) in [6, 6.07) is 9.61. The molecule has 1 aliphatic rings. The molecule has 1 saturated carbocycles. The molecule has 1 fully saturated rings. The van der Waals surface area contributed by atoms with Crippen molar-refractivity contribution in [2.45, 2.75) is 10.3 Å². The Morgan fingerprint density at radius 1 is 1.10 bits per heavy atom. The number of carbonyl (C=O) groups is 2. The summed E-state index contributed by atoms with van der Waals surface area (Å²) < 4.78 is 3.69. The van der Waals surface area contributed by atoms with Gasteiger partial charge in [0, 0.05) is 42.4 Å². The number of anilines is 1. The molecule has 0 heterocycles. The Morgan fingerprint density at radius 3 is 2.35 bits per heavy atom. The fourth-order valence-corrected chi connectivity index (χ4v) is 4.91. The third kappa shape index (κ3) is 5.41. The number of hydrogen-bond donors (Lipinski definition) is 1. The van der Waals surface area contributed by atoms with Crippen LogP contribution in [0.15, 0.2) is 36.4 Å². The lowest BCUT2D eigenvalue weighted by atomic mass is 10.1. The van der Waals surface area contributed by atoms with E-state index in [2.05, 4.69) is 5.32 Å². The summed E-state index contributed by atoms with van der Waals surface area (Å²) in [6.45, 7) is 0.787. The Bertz CT molecular complexity index is 994. The van der Waals surface area contributed by atoms with Crippen LogP contribution in [0.3, 0.4) is 0 Å². The van der Waals surface area contributed by atoms with Gasteiger partial charge in [0.25, 0.3) is 5.91 Å². The van der Waals surface area contributed by atoms with Crippen molar-refractivity contribution in [1.29, 1.82) is 0 Å². The Labute approximate surface area is 205 Å². The van der Waals surface area contributed by atoms with Crippen LogP contribution in [-0.4, -0.2) is 48.4 Å². The van der Waals surface area contributed by atoms with Gasteiger partial charge in [0.2, 0.25) is 5.91 Å². The van der Waals surface area contributed by atoms with Gasteiger partial charge < -0.3 is 15.0 Å². The number of likely N-dealkylation sites (N-methyl/N-ethyl adjacent to an activating group) is 1. The third-order valence-electron chi connectivity index (χ3n) is 5.02. The van der Waals surface area contributed by atoms with Crippen molar-refractivity contribution in [3.05, 3.63) is 62.6 Å². The summed E-state index contributed by atoms with van der Waals surface area (Å²) in [5, 5.41) is 3.89. The smallest absolute Gasteiger partial charge is 0.255 e. The topological polar surface area (TPSA) is 58.6 Å². The first-order valence-corrected chi connectivity index (χ1v) is 11.1. The summed E-state index contributed by atoms with van der Waals surface area (Å²) >= 11 is 31.1. The number of alkyl halides is 2. The molecule has 1 aliphatic carbocycles. The number of rotatable bonds is 7. The lowest BCUT2D eigenvalue weighted by Crippen LogP contribution is -2.30. The molecule has 10 heteroatoms. The van der Waals surface area contributed by atoms with Crippen LogP contribution in [0.25, 0.3) is 0 Å². The molecule has 1 N–H and O–H groups in total. The van der Waals surface area contributed by atoms with Crippen LogP contribution in [-0.2, 0) is 9.53 Å². The Balaban J connectivity index is 1.77. The SMILES string of the molecule is COCCN(C)C(=O)c1cc(NC(=O)[C@@H]2[C@@H](c3cc(Cl)cc(Cl)c3)C2(Cl)Cl)ccc1Cl. The summed E-state index contributed by atoms with van der Waals surface area (Å²) in [5.74, 6) is -1.87. The number of nitrogens with one attached hydrogen (secondary N) is 1. The second kappa shape index (κ2) is 9.74. The van der Waals surface area contributed by atoms with E-state index in [9.17, 15) is 9.59 Å². The van der Waals surface area contributed by atoms with Crippen molar-refractivity contribution in [3.63, 3.8) is 0 Å². The molecule has 31 heavy (non-hydrogen) atoms. The molecular weight excluding hydrogens is 506 g/mol. The number of hydrogen-bond acceptors (Lipinski definition) is 3. The molecule has 0 aromatic heterocycles. The van der Waals surface area contributed by atoms with Crippen molar-refractivity contribution in [2.24, 2.45) is 5.92 Å². The molecule has 0 radical (unpaired) electrons. The van der Waals surface area contributed by atoms with E-state index < -0.39 is 16.2 Å². The van der Waals surface area contributed by atoms with Crippen molar-refractivity contribution in [2.75, 3.05) is 32.6 Å². The van der Waals surface area contributed by atoms with Gasteiger partial charge in [0.05, 0.1) is 23.1 Å². The molecular formula is C21H19Cl5N2O3. The third-order valence-corrected chi connectivity index (χ3v) is 6.73. The van der Waals surface area contributed by atoms with Crippen molar-refractivity contribution in [1.82, 2.24) is 4.90 Å².